The number of rotatable bonds is 2. The van der Waals surface area contributed by atoms with E-state index < -0.39 is 17.6 Å². The molecule has 5 heteroatoms. The average molecular weight is 275 g/mol. The molecule has 2 aliphatic rings. The number of carboxylic acids is 1. The van der Waals surface area contributed by atoms with Gasteiger partial charge in [0.25, 0.3) is 5.91 Å². The highest BCUT2D eigenvalue weighted by Crippen LogP contribution is 2.37. The molecule has 1 saturated heterocycles. The summed E-state index contributed by atoms with van der Waals surface area (Å²) < 4.78 is 5.57. The lowest BCUT2D eigenvalue weighted by Gasteiger charge is -2.31. The molecule has 1 aromatic rings. The molecule has 1 amide bonds. The first-order valence-electron chi connectivity index (χ1n) is 6.81. The number of amides is 1. The molecule has 2 heterocycles. The first-order valence-corrected chi connectivity index (χ1v) is 6.81. The second-order valence-corrected chi connectivity index (χ2v) is 5.54. The number of benzene rings is 1. The van der Waals surface area contributed by atoms with Gasteiger partial charge >= 0.3 is 5.97 Å². The number of anilines is 1. The molecule has 1 aromatic carbocycles. The zero-order chi connectivity index (χ0) is 14.3. The van der Waals surface area contributed by atoms with E-state index in [9.17, 15) is 14.7 Å². The van der Waals surface area contributed by atoms with E-state index in [4.69, 9.17) is 4.74 Å². The molecule has 3 rings (SSSR count). The summed E-state index contributed by atoms with van der Waals surface area (Å²) in [6, 6.07) is 6.52. The van der Waals surface area contributed by atoms with Crippen molar-refractivity contribution in [1.29, 1.82) is 0 Å². The molecule has 2 unspecified atom stereocenters. The maximum Gasteiger partial charge on any atom is 0.327 e. The third-order valence-electron chi connectivity index (χ3n) is 4.15. The summed E-state index contributed by atoms with van der Waals surface area (Å²) in [5.74, 6) is -1.22. The van der Waals surface area contributed by atoms with Gasteiger partial charge in [0, 0.05) is 18.7 Å². The molecule has 0 radical (unpaired) electrons. The molecule has 5 nitrogen and oxygen atoms in total. The summed E-state index contributed by atoms with van der Waals surface area (Å²) >= 11 is 0. The van der Waals surface area contributed by atoms with Gasteiger partial charge in [-0.1, -0.05) is 18.2 Å². The molecular formula is C15H17NO4. The summed E-state index contributed by atoms with van der Waals surface area (Å²) in [7, 11) is 0. The minimum Gasteiger partial charge on any atom is -0.480 e. The highest BCUT2D eigenvalue weighted by atomic mass is 16.5. The summed E-state index contributed by atoms with van der Waals surface area (Å²) in [4.78, 5) is 25.7. The number of hydrogen-bond donors (Lipinski definition) is 1. The quantitative estimate of drug-likeness (QED) is 0.890. The molecule has 0 spiro atoms. The maximum absolute atomic E-state index is 12.8. The van der Waals surface area contributed by atoms with E-state index in [0.717, 1.165) is 12.0 Å². The molecule has 0 bridgehead atoms. The van der Waals surface area contributed by atoms with Crippen LogP contribution in [0.3, 0.4) is 0 Å². The molecule has 1 N–H and O–H groups in total. The van der Waals surface area contributed by atoms with Crippen LogP contribution in [0.2, 0.25) is 0 Å². The van der Waals surface area contributed by atoms with Gasteiger partial charge in [-0.05, 0) is 31.4 Å². The van der Waals surface area contributed by atoms with Gasteiger partial charge in [-0.3, -0.25) is 9.69 Å². The number of aliphatic carboxylic acids is 1. The summed E-state index contributed by atoms with van der Waals surface area (Å²) in [6.07, 6.45) is 1.82. The summed E-state index contributed by atoms with van der Waals surface area (Å²) in [6.45, 7) is 2.30. The Morgan fingerprint density at radius 3 is 2.80 bits per heavy atom. The zero-order valence-corrected chi connectivity index (χ0v) is 11.3. The Bertz CT molecular complexity index is 563. The van der Waals surface area contributed by atoms with E-state index in [0.29, 0.717) is 25.1 Å². The van der Waals surface area contributed by atoms with Crippen LogP contribution in [-0.4, -0.2) is 35.2 Å². The van der Waals surface area contributed by atoms with Crippen LogP contribution >= 0.6 is 0 Å². The van der Waals surface area contributed by atoms with E-state index >= 15 is 0 Å². The molecule has 2 atom stereocenters. The second kappa shape index (κ2) is 4.59. The number of carbonyl (C=O) groups excluding carboxylic acids is 1. The van der Waals surface area contributed by atoms with Gasteiger partial charge < -0.3 is 9.84 Å². The van der Waals surface area contributed by atoms with Crippen LogP contribution in [0.25, 0.3) is 0 Å². The molecule has 20 heavy (non-hydrogen) atoms. The van der Waals surface area contributed by atoms with Crippen LogP contribution in [0, 0.1) is 0 Å². The standard InChI is InChI=1S/C15H17NO4/c1-15(7-4-8-20-15)14(19)16-11-6-3-2-5-10(11)9-12(16)13(17)18/h2-3,5-6,12H,4,7-9H2,1H3,(H,17,18). The molecule has 1 fully saturated rings. The summed E-state index contributed by atoms with van der Waals surface area (Å²) in [5.41, 5.74) is 0.696. The number of para-hydroxylation sites is 1. The van der Waals surface area contributed by atoms with Crippen molar-refractivity contribution in [3.05, 3.63) is 29.8 Å². The molecule has 2 aliphatic heterocycles. The smallest absolute Gasteiger partial charge is 0.327 e. The van der Waals surface area contributed by atoms with E-state index in [2.05, 4.69) is 0 Å². The lowest BCUT2D eigenvalue weighted by atomic mass is 10.00. The van der Waals surface area contributed by atoms with Crippen molar-refractivity contribution in [2.24, 2.45) is 0 Å². The van der Waals surface area contributed by atoms with Gasteiger partial charge in [-0.2, -0.15) is 0 Å². The topological polar surface area (TPSA) is 66.8 Å². The minimum absolute atomic E-state index is 0.243. The van der Waals surface area contributed by atoms with Crippen molar-refractivity contribution in [2.45, 2.75) is 37.8 Å². The van der Waals surface area contributed by atoms with E-state index in [1.807, 2.05) is 18.2 Å². The highest BCUT2D eigenvalue weighted by molar-refractivity contribution is 6.05. The van der Waals surface area contributed by atoms with E-state index in [-0.39, 0.29) is 5.91 Å². The zero-order valence-electron chi connectivity index (χ0n) is 11.3. The van der Waals surface area contributed by atoms with Crippen LogP contribution in [0.15, 0.2) is 24.3 Å². The number of carboxylic acid groups (broad SMARTS) is 1. The van der Waals surface area contributed by atoms with Gasteiger partial charge in [-0.25, -0.2) is 4.79 Å². The monoisotopic (exact) mass is 275 g/mol. The third-order valence-corrected chi connectivity index (χ3v) is 4.15. The Labute approximate surface area is 117 Å². The number of hydrogen-bond acceptors (Lipinski definition) is 3. The molecule has 0 saturated carbocycles. The number of fused-ring (bicyclic) bond motifs is 1. The Morgan fingerprint density at radius 1 is 1.40 bits per heavy atom. The number of ether oxygens (including phenoxy) is 1. The molecule has 0 aliphatic carbocycles. The van der Waals surface area contributed by atoms with Crippen LogP contribution < -0.4 is 4.90 Å². The molecule has 106 valence electrons. The highest BCUT2D eigenvalue weighted by Gasteiger charge is 2.47. The van der Waals surface area contributed by atoms with Crippen LogP contribution in [-0.2, 0) is 20.7 Å². The van der Waals surface area contributed by atoms with Crippen molar-refractivity contribution in [3.8, 4) is 0 Å². The Morgan fingerprint density at radius 2 is 2.15 bits per heavy atom. The molecular weight excluding hydrogens is 258 g/mol. The lowest BCUT2D eigenvalue weighted by Crippen LogP contribution is -2.52. The van der Waals surface area contributed by atoms with Crippen molar-refractivity contribution < 1.29 is 19.4 Å². The lowest BCUT2D eigenvalue weighted by molar-refractivity contribution is -0.143. The fourth-order valence-electron chi connectivity index (χ4n) is 3.04. The first-order chi connectivity index (χ1) is 9.53. The third kappa shape index (κ3) is 1.89. The Balaban J connectivity index is 2.00. The van der Waals surface area contributed by atoms with Gasteiger partial charge in [0.2, 0.25) is 0 Å². The SMILES string of the molecule is CC1(C(=O)N2c3ccccc3CC2C(=O)O)CCCO1. The van der Waals surface area contributed by atoms with Gasteiger partial charge in [0.15, 0.2) is 0 Å². The van der Waals surface area contributed by atoms with Crippen LogP contribution in [0.4, 0.5) is 5.69 Å². The minimum atomic E-state index is -0.976. The maximum atomic E-state index is 12.8. The van der Waals surface area contributed by atoms with E-state index in [1.165, 1.54) is 4.90 Å². The largest absolute Gasteiger partial charge is 0.480 e. The summed E-state index contributed by atoms with van der Waals surface area (Å²) in [5, 5.41) is 9.40. The van der Waals surface area contributed by atoms with Gasteiger partial charge in [0.1, 0.15) is 11.6 Å². The van der Waals surface area contributed by atoms with Gasteiger partial charge in [-0.15, -0.1) is 0 Å². The fourth-order valence-corrected chi connectivity index (χ4v) is 3.04. The first kappa shape index (κ1) is 13.1. The predicted octanol–water partition coefficient (Wildman–Crippen LogP) is 1.60. The van der Waals surface area contributed by atoms with Crippen LogP contribution in [0.5, 0.6) is 0 Å². The second-order valence-electron chi connectivity index (χ2n) is 5.54. The van der Waals surface area contributed by atoms with Crippen molar-refractivity contribution in [1.82, 2.24) is 0 Å². The van der Waals surface area contributed by atoms with Crippen LogP contribution in [0.1, 0.15) is 25.3 Å². The van der Waals surface area contributed by atoms with Gasteiger partial charge in [0.05, 0.1) is 0 Å². The van der Waals surface area contributed by atoms with E-state index in [1.54, 1.807) is 13.0 Å². The van der Waals surface area contributed by atoms with Crippen molar-refractivity contribution >= 4 is 17.6 Å². The average Bonchev–Trinajstić information content (AvgIpc) is 3.02. The Kier molecular flexibility index (Phi) is 3.01. The Hall–Kier alpha value is -1.88. The van der Waals surface area contributed by atoms with Crippen molar-refractivity contribution in [2.75, 3.05) is 11.5 Å². The number of carbonyl (C=O) groups is 2. The number of nitrogens with zero attached hydrogens (tertiary/aromatic N) is 1. The molecule has 0 aromatic heterocycles. The fraction of sp³-hybridized carbons (Fsp3) is 0.467. The predicted molar refractivity (Wildman–Crippen MR) is 72.6 cm³/mol. The normalized spacial score (nSPS) is 28.4. The van der Waals surface area contributed by atoms with Crippen molar-refractivity contribution in [3.63, 3.8) is 0 Å².